The highest BCUT2D eigenvalue weighted by molar-refractivity contribution is 9.10. The third-order valence-electron chi connectivity index (χ3n) is 2.35. The Bertz CT molecular complexity index is 323. The Hall–Kier alpha value is -0.410. The van der Waals surface area contributed by atoms with E-state index in [1.807, 2.05) is 6.92 Å². The molecule has 1 atom stereocenters. The minimum atomic E-state index is -0.722. The smallest absolute Gasteiger partial charge is 0.124 e. The van der Waals surface area contributed by atoms with Gasteiger partial charge in [0.2, 0.25) is 0 Å². The Morgan fingerprint density at radius 2 is 2.14 bits per heavy atom. The van der Waals surface area contributed by atoms with Crippen molar-refractivity contribution in [2.24, 2.45) is 0 Å². The Morgan fingerprint density at radius 1 is 1.50 bits per heavy atom. The van der Waals surface area contributed by atoms with E-state index in [0.717, 1.165) is 5.56 Å². The average molecular weight is 261 g/mol. The van der Waals surface area contributed by atoms with E-state index in [9.17, 15) is 9.50 Å². The van der Waals surface area contributed by atoms with Crippen molar-refractivity contribution < 1.29 is 9.50 Å². The SMILES string of the molecule is CCC(C)(O)Cc1ccc(F)cc1Br. The number of hydrogen-bond donors (Lipinski definition) is 1. The van der Waals surface area contributed by atoms with Crippen molar-refractivity contribution >= 4 is 15.9 Å². The highest BCUT2D eigenvalue weighted by Crippen LogP contribution is 2.24. The number of aliphatic hydroxyl groups is 1. The topological polar surface area (TPSA) is 20.2 Å². The van der Waals surface area contributed by atoms with Gasteiger partial charge in [-0.3, -0.25) is 0 Å². The van der Waals surface area contributed by atoms with E-state index >= 15 is 0 Å². The normalized spacial score (nSPS) is 15.2. The molecule has 1 N–H and O–H groups in total. The lowest BCUT2D eigenvalue weighted by molar-refractivity contribution is 0.0563. The maximum Gasteiger partial charge on any atom is 0.124 e. The van der Waals surface area contributed by atoms with E-state index in [-0.39, 0.29) is 5.82 Å². The number of benzene rings is 1. The van der Waals surface area contributed by atoms with Crippen molar-refractivity contribution in [2.75, 3.05) is 0 Å². The molecule has 1 aromatic carbocycles. The minimum Gasteiger partial charge on any atom is -0.390 e. The second kappa shape index (κ2) is 4.41. The molecule has 0 aromatic heterocycles. The summed E-state index contributed by atoms with van der Waals surface area (Å²) in [7, 11) is 0. The molecule has 0 saturated heterocycles. The van der Waals surface area contributed by atoms with Gasteiger partial charge in [0.15, 0.2) is 0 Å². The van der Waals surface area contributed by atoms with Crippen molar-refractivity contribution in [2.45, 2.75) is 32.3 Å². The van der Waals surface area contributed by atoms with Crippen molar-refractivity contribution in [1.82, 2.24) is 0 Å². The molecule has 0 fully saturated rings. The third kappa shape index (κ3) is 3.07. The Kier molecular flexibility index (Phi) is 3.67. The third-order valence-corrected chi connectivity index (χ3v) is 3.09. The molecule has 0 heterocycles. The van der Waals surface area contributed by atoms with E-state index in [1.165, 1.54) is 12.1 Å². The number of hydrogen-bond acceptors (Lipinski definition) is 1. The molecule has 0 amide bonds. The van der Waals surface area contributed by atoms with Gasteiger partial charge in [-0.25, -0.2) is 4.39 Å². The quantitative estimate of drug-likeness (QED) is 0.885. The molecule has 0 bridgehead atoms. The monoisotopic (exact) mass is 260 g/mol. The lowest BCUT2D eigenvalue weighted by Gasteiger charge is -2.21. The zero-order valence-corrected chi connectivity index (χ0v) is 9.94. The molecule has 1 aromatic rings. The van der Waals surface area contributed by atoms with E-state index in [1.54, 1.807) is 13.0 Å². The zero-order chi connectivity index (χ0) is 10.8. The molecular weight excluding hydrogens is 247 g/mol. The fraction of sp³-hybridized carbons (Fsp3) is 0.455. The Balaban J connectivity index is 2.87. The summed E-state index contributed by atoms with van der Waals surface area (Å²) >= 11 is 3.28. The second-order valence-electron chi connectivity index (χ2n) is 3.76. The summed E-state index contributed by atoms with van der Waals surface area (Å²) in [5.74, 6) is -0.267. The first-order chi connectivity index (χ1) is 6.44. The van der Waals surface area contributed by atoms with Crippen LogP contribution in [-0.4, -0.2) is 10.7 Å². The summed E-state index contributed by atoms with van der Waals surface area (Å²) < 4.78 is 13.5. The van der Waals surface area contributed by atoms with Crippen molar-refractivity contribution in [3.05, 3.63) is 34.1 Å². The van der Waals surface area contributed by atoms with Gasteiger partial charge in [-0.2, -0.15) is 0 Å². The van der Waals surface area contributed by atoms with Gasteiger partial charge in [-0.15, -0.1) is 0 Å². The van der Waals surface area contributed by atoms with Gasteiger partial charge in [-0.1, -0.05) is 28.9 Å². The standard InChI is InChI=1S/C11H14BrFO/c1-3-11(2,14)7-8-4-5-9(13)6-10(8)12/h4-6,14H,3,7H2,1-2H3. The van der Waals surface area contributed by atoms with Gasteiger partial charge in [0, 0.05) is 10.9 Å². The summed E-state index contributed by atoms with van der Waals surface area (Å²) in [5.41, 5.74) is 0.207. The number of halogens is 2. The largest absolute Gasteiger partial charge is 0.390 e. The van der Waals surface area contributed by atoms with Crippen LogP contribution in [0.5, 0.6) is 0 Å². The molecule has 0 aliphatic carbocycles. The Morgan fingerprint density at radius 3 is 2.64 bits per heavy atom. The maximum absolute atomic E-state index is 12.8. The predicted octanol–water partition coefficient (Wildman–Crippen LogP) is 3.29. The summed E-state index contributed by atoms with van der Waals surface area (Å²) in [4.78, 5) is 0. The molecule has 1 unspecified atom stereocenters. The van der Waals surface area contributed by atoms with Crippen LogP contribution in [0.15, 0.2) is 22.7 Å². The van der Waals surface area contributed by atoms with Gasteiger partial charge < -0.3 is 5.11 Å². The molecule has 14 heavy (non-hydrogen) atoms. The molecule has 1 nitrogen and oxygen atoms in total. The molecule has 78 valence electrons. The average Bonchev–Trinajstić information content (AvgIpc) is 2.10. The van der Waals surface area contributed by atoms with E-state index in [4.69, 9.17) is 0 Å². The summed E-state index contributed by atoms with van der Waals surface area (Å²) in [6.45, 7) is 3.71. The summed E-state index contributed by atoms with van der Waals surface area (Å²) in [5, 5.41) is 9.86. The molecule has 1 rings (SSSR count). The number of rotatable bonds is 3. The second-order valence-corrected chi connectivity index (χ2v) is 4.62. The summed E-state index contributed by atoms with van der Waals surface area (Å²) in [6, 6.07) is 4.52. The molecule has 0 radical (unpaired) electrons. The van der Waals surface area contributed by atoms with Crippen LogP contribution in [0.4, 0.5) is 4.39 Å². The summed E-state index contributed by atoms with van der Waals surface area (Å²) in [6.07, 6.45) is 1.21. The van der Waals surface area contributed by atoms with Crippen LogP contribution in [0.3, 0.4) is 0 Å². The van der Waals surface area contributed by atoms with Crippen molar-refractivity contribution in [3.63, 3.8) is 0 Å². The highest BCUT2D eigenvalue weighted by Gasteiger charge is 2.19. The lowest BCUT2D eigenvalue weighted by atomic mass is 9.94. The molecule has 0 aliphatic heterocycles. The fourth-order valence-corrected chi connectivity index (χ4v) is 1.69. The van der Waals surface area contributed by atoms with Gasteiger partial charge in [0.1, 0.15) is 5.82 Å². The van der Waals surface area contributed by atoms with Crippen molar-refractivity contribution in [3.8, 4) is 0 Å². The van der Waals surface area contributed by atoms with Crippen LogP contribution in [0, 0.1) is 5.82 Å². The minimum absolute atomic E-state index is 0.267. The van der Waals surface area contributed by atoms with Gasteiger partial charge >= 0.3 is 0 Å². The predicted molar refractivity (Wildman–Crippen MR) is 58.7 cm³/mol. The lowest BCUT2D eigenvalue weighted by Crippen LogP contribution is -2.25. The van der Waals surface area contributed by atoms with Gasteiger partial charge in [0.25, 0.3) is 0 Å². The van der Waals surface area contributed by atoms with Crippen molar-refractivity contribution in [1.29, 1.82) is 0 Å². The molecule has 0 spiro atoms. The van der Waals surface area contributed by atoms with Crippen LogP contribution in [-0.2, 0) is 6.42 Å². The first-order valence-electron chi connectivity index (χ1n) is 4.61. The highest BCUT2D eigenvalue weighted by atomic mass is 79.9. The molecule has 3 heteroatoms. The van der Waals surface area contributed by atoms with E-state index in [2.05, 4.69) is 15.9 Å². The first-order valence-corrected chi connectivity index (χ1v) is 5.40. The van der Waals surface area contributed by atoms with Crippen LogP contribution in [0.2, 0.25) is 0 Å². The van der Waals surface area contributed by atoms with Gasteiger partial charge in [-0.05, 0) is 31.0 Å². The van der Waals surface area contributed by atoms with Crippen LogP contribution >= 0.6 is 15.9 Å². The molecular formula is C11H14BrFO. The molecule has 0 saturated carbocycles. The van der Waals surface area contributed by atoms with Crippen LogP contribution in [0.1, 0.15) is 25.8 Å². The fourth-order valence-electron chi connectivity index (χ4n) is 1.20. The van der Waals surface area contributed by atoms with Crippen LogP contribution in [0.25, 0.3) is 0 Å². The first kappa shape index (κ1) is 11.7. The van der Waals surface area contributed by atoms with Gasteiger partial charge in [0.05, 0.1) is 5.60 Å². The molecule has 0 aliphatic rings. The zero-order valence-electron chi connectivity index (χ0n) is 8.35. The van der Waals surface area contributed by atoms with E-state index in [0.29, 0.717) is 17.3 Å². The maximum atomic E-state index is 12.8. The van der Waals surface area contributed by atoms with Crippen LogP contribution < -0.4 is 0 Å². The van der Waals surface area contributed by atoms with E-state index < -0.39 is 5.60 Å². The Labute approximate surface area is 92.1 Å².